The van der Waals surface area contributed by atoms with Gasteiger partial charge in [-0.15, -0.1) is 5.10 Å². The van der Waals surface area contributed by atoms with E-state index in [0.29, 0.717) is 18.2 Å². The SMILES string of the molecule is Cc1ccc(-c2nccc3nc(C4CCOC4)nn23)o1. The van der Waals surface area contributed by atoms with E-state index in [0.717, 1.165) is 30.3 Å². The minimum Gasteiger partial charge on any atom is -0.458 e. The average molecular weight is 270 g/mol. The van der Waals surface area contributed by atoms with Crippen molar-refractivity contribution in [3.8, 4) is 11.6 Å². The van der Waals surface area contributed by atoms with Crippen LogP contribution in [-0.2, 0) is 4.74 Å². The van der Waals surface area contributed by atoms with Gasteiger partial charge in [0.15, 0.2) is 23.1 Å². The summed E-state index contributed by atoms with van der Waals surface area (Å²) in [6.07, 6.45) is 2.70. The van der Waals surface area contributed by atoms with Gasteiger partial charge in [0.2, 0.25) is 0 Å². The van der Waals surface area contributed by atoms with Crippen LogP contribution in [0.25, 0.3) is 17.2 Å². The lowest BCUT2D eigenvalue weighted by Gasteiger charge is -2.00. The normalized spacial score (nSPS) is 18.9. The number of aromatic nitrogens is 4. The minimum atomic E-state index is 0.279. The van der Waals surface area contributed by atoms with E-state index in [4.69, 9.17) is 9.15 Å². The quantitative estimate of drug-likeness (QED) is 0.714. The summed E-state index contributed by atoms with van der Waals surface area (Å²) in [4.78, 5) is 8.94. The van der Waals surface area contributed by atoms with Crippen LogP contribution < -0.4 is 0 Å². The fraction of sp³-hybridized carbons (Fsp3) is 0.357. The molecule has 3 aromatic rings. The first kappa shape index (κ1) is 11.6. The number of hydrogen-bond donors (Lipinski definition) is 0. The first-order valence-electron chi connectivity index (χ1n) is 6.67. The number of hydrogen-bond acceptors (Lipinski definition) is 5. The Hall–Kier alpha value is -2.21. The van der Waals surface area contributed by atoms with Crippen molar-refractivity contribution in [3.63, 3.8) is 0 Å². The van der Waals surface area contributed by atoms with Crippen LogP contribution in [0.15, 0.2) is 28.8 Å². The van der Waals surface area contributed by atoms with E-state index in [1.807, 2.05) is 25.1 Å². The number of rotatable bonds is 2. The molecule has 0 saturated carbocycles. The highest BCUT2D eigenvalue weighted by atomic mass is 16.5. The summed E-state index contributed by atoms with van der Waals surface area (Å²) < 4.78 is 12.8. The van der Waals surface area contributed by atoms with Gasteiger partial charge < -0.3 is 9.15 Å². The molecule has 6 nitrogen and oxygen atoms in total. The lowest BCUT2D eigenvalue weighted by atomic mass is 10.1. The first-order chi connectivity index (χ1) is 9.81. The number of ether oxygens (including phenoxy) is 1. The molecule has 0 bridgehead atoms. The minimum absolute atomic E-state index is 0.279. The van der Waals surface area contributed by atoms with Crippen molar-refractivity contribution in [2.24, 2.45) is 0 Å². The molecule has 1 atom stereocenters. The molecule has 1 fully saturated rings. The van der Waals surface area contributed by atoms with Gasteiger partial charge in [0.25, 0.3) is 0 Å². The molecule has 102 valence electrons. The molecule has 3 aromatic heterocycles. The van der Waals surface area contributed by atoms with Crippen LogP contribution in [0, 0.1) is 6.92 Å². The van der Waals surface area contributed by atoms with E-state index in [2.05, 4.69) is 15.1 Å². The summed E-state index contributed by atoms with van der Waals surface area (Å²) in [5, 5.41) is 4.58. The van der Waals surface area contributed by atoms with Crippen molar-refractivity contribution in [2.75, 3.05) is 13.2 Å². The Morgan fingerprint density at radius 2 is 2.25 bits per heavy atom. The Balaban J connectivity index is 1.85. The predicted molar refractivity (Wildman–Crippen MR) is 71.4 cm³/mol. The largest absolute Gasteiger partial charge is 0.458 e. The average Bonchev–Trinajstić information content (AvgIpc) is 3.17. The van der Waals surface area contributed by atoms with Gasteiger partial charge >= 0.3 is 0 Å². The van der Waals surface area contributed by atoms with Crippen LogP contribution >= 0.6 is 0 Å². The molecule has 0 amide bonds. The van der Waals surface area contributed by atoms with Crippen molar-refractivity contribution >= 4 is 5.65 Å². The fourth-order valence-corrected chi connectivity index (χ4v) is 2.47. The molecule has 20 heavy (non-hydrogen) atoms. The maximum atomic E-state index is 5.64. The van der Waals surface area contributed by atoms with E-state index >= 15 is 0 Å². The van der Waals surface area contributed by atoms with E-state index < -0.39 is 0 Å². The molecular formula is C14H14N4O2. The third-order valence-electron chi connectivity index (χ3n) is 3.53. The highest BCUT2D eigenvalue weighted by Gasteiger charge is 2.23. The summed E-state index contributed by atoms with van der Waals surface area (Å²) in [5.41, 5.74) is 0.783. The summed E-state index contributed by atoms with van der Waals surface area (Å²) in [7, 11) is 0. The summed E-state index contributed by atoms with van der Waals surface area (Å²) in [6.45, 7) is 3.38. The topological polar surface area (TPSA) is 65.5 Å². The Morgan fingerprint density at radius 1 is 1.30 bits per heavy atom. The van der Waals surface area contributed by atoms with Crippen LogP contribution in [-0.4, -0.2) is 32.8 Å². The number of nitrogens with zero attached hydrogens (tertiary/aromatic N) is 4. The van der Waals surface area contributed by atoms with Crippen LogP contribution in [0.2, 0.25) is 0 Å². The maximum absolute atomic E-state index is 5.64. The molecule has 4 heterocycles. The number of aryl methyl sites for hydroxylation is 1. The van der Waals surface area contributed by atoms with Crippen LogP contribution in [0.5, 0.6) is 0 Å². The van der Waals surface area contributed by atoms with Gasteiger partial charge in [-0.05, 0) is 25.5 Å². The Morgan fingerprint density at radius 3 is 3.00 bits per heavy atom. The predicted octanol–water partition coefficient (Wildman–Crippen LogP) is 2.20. The second-order valence-electron chi connectivity index (χ2n) is 4.98. The number of furan rings is 1. The van der Waals surface area contributed by atoms with Crippen molar-refractivity contribution in [2.45, 2.75) is 19.3 Å². The fourth-order valence-electron chi connectivity index (χ4n) is 2.47. The summed E-state index contributed by atoms with van der Waals surface area (Å²) >= 11 is 0. The van der Waals surface area contributed by atoms with Gasteiger partial charge in [0.05, 0.1) is 6.61 Å². The zero-order valence-electron chi connectivity index (χ0n) is 11.1. The molecule has 1 aliphatic heterocycles. The van der Waals surface area contributed by atoms with Gasteiger partial charge in [0, 0.05) is 24.8 Å². The smallest absolute Gasteiger partial charge is 0.198 e. The zero-order valence-corrected chi connectivity index (χ0v) is 11.1. The van der Waals surface area contributed by atoms with Crippen LogP contribution in [0.4, 0.5) is 0 Å². The second-order valence-corrected chi connectivity index (χ2v) is 4.98. The molecule has 0 spiro atoms. The van der Waals surface area contributed by atoms with E-state index in [9.17, 15) is 0 Å². The molecule has 1 unspecified atom stereocenters. The molecule has 4 rings (SSSR count). The van der Waals surface area contributed by atoms with E-state index in [-0.39, 0.29) is 5.92 Å². The molecule has 0 N–H and O–H groups in total. The third-order valence-corrected chi connectivity index (χ3v) is 3.53. The van der Waals surface area contributed by atoms with Gasteiger partial charge in [-0.1, -0.05) is 0 Å². The Kier molecular flexibility index (Phi) is 2.56. The van der Waals surface area contributed by atoms with Crippen molar-refractivity contribution < 1.29 is 9.15 Å². The van der Waals surface area contributed by atoms with Gasteiger partial charge in [-0.2, -0.15) is 4.52 Å². The van der Waals surface area contributed by atoms with E-state index in [1.165, 1.54) is 0 Å². The maximum Gasteiger partial charge on any atom is 0.198 e. The molecule has 1 aliphatic rings. The van der Waals surface area contributed by atoms with Crippen molar-refractivity contribution in [1.82, 2.24) is 19.6 Å². The molecular weight excluding hydrogens is 256 g/mol. The standard InChI is InChI=1S/C14H14N4O2/c1-9-2-3-11(20-9)14-15-6-4-12-16-13(17-18(12)14)10-5-7-19-8-10/h2-4,6,10H,5,7-8H2,1H3. The van der Waals surface area contributed by atoms with Crippen molar-refractivity contribution in [3.05, 3.63) is 36.0 Å². The first-order valence-corrected chi connectivity index (χ1v) is 6.67. The van der Waals surface area contributed by atoms with Crippen LogP contribution in [0.3, 0.4) is 0 Å². The summed E-state index contributed by atoms with van der Waals surface area (Å²) in [6, 6.07) is 5.67. The van der Waals surface area contributed by atoms with Gasteiger partial charge in [-0.3, -0.25) is 0 Å². The van der Waals surface area contributed by atoms with Crippen molar-refractivity contribution in [1.29, 1.82) is 0 Å². The van der Waals surface area contributed by atoms with Gasteiger partial charge in [-0.25, -0.2) is 9.97 Å². The highest BCUT2D eigenvalue weighted by molar-refractivity contribution is 5.53. The van der Waals surface area contributed by atoms with Crippen LogP contribution in [0.1, 0.15) is 23.9 Å². The second kappa shape index (κ2) is 4.42. The molecule has 1 saturated heterocycles. The zero-order chi connectivity index (χ0) is 13.5. The number of fused-ring (bicyclic) bond motifs is 1. The Bertz CT molecular complexity index is 755. The monoisotopic (exact) mass is 270 g/mol. The molecule has 6 heteroatoms. The third kappa shape index (κ3) is 1.80. The van der Waals surface area contributed by atoms with E-state index in [1.54, 1.807) is 10.7 Å². The molecule has 0 aliphatic carbocycles. The Labute approximate surface area is 115 Å². The lowest BCUT2D eigenvalue weighted by Crippen LogP contribution is -2.01. The van der Waals surface area contributed by atoms with Gasteiger partial charge in [0.1, 0.15) is 5.76 Å². The lowest BCUT2D eigenvalue weighted by molar-refractivity contribution is 0.193. The summed E-state index contributed by atoms with van der Waals surface area (Å²) in [5.74, 6) is 3.32. The molecule has 0 aromatic carbocycles. The highest BCUT2D eigenvalue weighted by Crippen LogP contribution is 2.25. The molecule has 0 radical (unpaired) electrons.